The number of rotatable bonds is 9. The van der Waals surface area contributed by atoms with Crippen molar-refractivity contribution in [2.24, 2.45) is 0 Å². The van der Waals surface area contributed by atoms with Gasteiger partial charge >= 0.3 is 12.0 Å². The molecule has 43 heavy (non-hydrogen) atoms. The number of imide groups is 2. The Kier molecular flexibility index (Phi) is 9.05. The Labute approximate surface area is 261 Å². The largest absolute Gasteiger partial charge is 0.490 e. The summed E-state index contributed by atoms with van der Waals surface area (Å²) in [5.41, 5.74) is 1.75. The molecular formula is C33H27IN2O7. The Morgan fingerprint density at radius 1 is 0.907 bits per heavy atom. The molecule has 0 saturated carbocycles. The molecule has 0 aliphatic carbocycles. The van der Waals surface area contributed by atoms with Gasteiger partial charge in [0, 0.05) is 0 Å². The van der Waals surface area contributed by atoms with Crippen LogP contribution in [0, 0.1) is 3.57 Å². The lowest BCUT2D eigenvalue weighted by Crippen LogP contribution is -2.54. The van der Waals surface area contributed by atoms with E-state index in [1.807, 2.05) is 49.4 Å². The normalized spacial score (nSPS) is 14.2. The lowest BCUT2D eigenvalue weighted by Gasteiger charge is -2.26. The Hall–Kier alpha value is -4.71. The van der Waals surface area contributed by atoms with Crippen LogP contribution in [0.15, 0.2) is 84.4 Å². The van der Waals surface area contributed by atoms with Crippen LogP contribution in [0.25, 0.3) is 16.8 Å². The highest BCUT2D eigenvalue weighted by Gasteiger charge is 2.37. The van der Waals surface area contributed by atoms with Crippen LogP contribution in [0.5, 0.6) is 11.5 Å². The first kappa shape index (κ1) is 29.8. The number of fused-ring (bicyclic) bond motifs is 1. The molecule has 0 radical (unpaired) electrons. The number of hydrogen-bond donors (Lipinski definition) is 1. The van der Waals surface area contributed by atoms with Gasteiger partial charge in [0.25, 0.3) is 11.8 Å². The second-order valence-electron chi connectivity index (χ2n) is 9.42. The second kappa shape index (κ2) is 13.1. The van der Waals surface area contributed by atoms with Crippen LogP contribution in [0.4, 0.5) is 10.5 Å². The highest BCUT2D eigenvalue weighted by atomic mass is 127. The molecule has 10 heteroatoms. The highest BCUT2D eigenvalue weighted by Crippen LogP contribution is 2.36. The lowest BCUT2D eigenvalue weighted by atomic mass is 10.1. The number of hydrogen-bond acceptors (Lipinski definition) is 7. The molecule has 0 spiro atoms. The summed E-state index contributed by atoms with van der Waals surface area (Å²) in [6.07, 6.45) is 1.41. The van der Waals surface area contributed by atoms with Gasteiger partial charge in [0.1, 0.15) is 12.2 Å². The van der Waals surface area contributed by atoms with Crippen molar-refractivity contribution in [3.05, 3.63) is 105 Å². The summed E-state index contributed by atoms with van der Waals surface area (Å²) in [4.78, 5) is 51.7. The molecule has 1 aliphatic rings. The van der Waals surface area contributed by atoms with Gasteiger partial charge in [-0.25, -0.2) is 14.5 Å². The molecule has 4 aromatic carbocycles. The van der Waals surface area contributed by atoms with Crippen molar-refractivity contribution in [1.29, 1.82) is 0 Å². The van der Waals surface area contributed by atoms with Gasteiger partial charge in [-0.1, -0.05) is 42.5 Å². The SMILES string of the molecule is CCOC(=O)c1ccc(N2C(=O)NC(=O)/C(=C\c3cc(I)c(OCc4cccc5ccccc45)c(OCC)c3)C2=O)cc1. The number of esters is 1. The minimum absolute atomic E-state index is 0.190. The summed E-state index contributed by atoms with van der Waals surface area (Å²) in [6, 6.07) is 22.5. The first-order valence-corrected chi connectivity index (χ1v) is 14.6. The van der Waals surface area contributed by atoms with Crippen LogP contribution >= 0.6 is 22.6 Å². The van der Waals surface area contributed by atoms with Gasteiger partial charge < -0.3 is 14.2 Å². The van der Waals surface area contributed by atoms with E-state index < -0.39 is 23.8 Å². The van der Waals surface area contributed by atoms with Crippen molar-refractivity contribution in [2.45, 2.75) is 20.5 Å². The summed E-state index contributed by atoms with van der Waals surface area (Å²) < 4.78 is 17.8. The molecule has 1 N–H and O–H groups in total. The average Bonchev–Trinajstić information content (AvgIpc) is 2.99. The fraction of sp³-hybridized carbons (Fsp3) is 0.152. The zero-order valence-corrected chi connectivity index (χ0v) is 25.5. The lowest BCUT2D eigenvalue weighted by molar-refractivity contribution is -0.122. The zero-order valence-electron chi connectivity index (χ0n) is 23.4. The molecule has 4 amide bonds. The smallest absolute Gasteiger partial charge is 0.338 e. The summed E-state index contributed by atoms with van der Waals surface area (Å²) in [7, 11) is 0. The Balaban J connectivity index is 1.43. The van der Waals surface area contributed by atoms with Gasteiger partial charge in [0.05, 0.1) is 28.0 Å². The third-order valence-corrected chi connectivity index (χ3v) is 7.43. The summed E-state index contributed by atoms with van der Waals surface area (Å²) >= 11 is 2.13. The minimum atomic E-state index is -0.891. The number of nitrogens with zero attached hydrogens (tertiary/aromatic N) is 1. The van der Waals surface area contributed by atoms with Crippen molar-refractivity contribution in [3.63, 3.8) is 0 Å². The van der Waals surface area contributed by atoms with Gasteiger partial charge in [-0.05, 0) is 101 Å². The molecule has 0 unspecified atom stereocenters. The molecule has 1 saturated heterocycles. The van der Waals surface area contributed by atoms with Gasteiger partial charge in [-0.2, -0.15) is 0 Å². The number of nitrogens with one attached hydrogen (secondary N) is 1. The van der Waals surface area contributed by atoms with Crippen molar-refractivity contribution in [1.82, 2.24) is 5.32 Å². The predicted molar refractivity (Wildman–Crippen MR) is 170 cm³/mol. The van der Waals surface area contributed by atoms with Crippen LogP contribution in [0.1, 0.15) is 35.3 Å². The number of carbonyl (C=O) groups excluding carboxylic acids is 4. The Morgan fingerprint density at radius 3 is 2.40 bits per heavy atom. The van der Waals surface area contributed by atoms with E-state index in [0.717, 1.165) is 21.2 Å². The first-order valence-electron chi connectivity index (χ1n) is 13.5. The maximum absolute atomic E-state index is 13.4. The molecule has 1 fully saturated rings. The van der Waals surface area contributed by atoms with Gasteiger partial charge in [-0.3, -0.25) is 14.9 Å². The van der Waals surface area contributed by atoms with Gasteiger partial charge in [0.2, 0.25) is 0 Å². The summed E-state index contributed by atoms with van der Waals surface area (Å²) in [6.45, 7) is 4.43. The fourth-order valence-electron chi connectivity index (χ4n) is 4.66. The van der Waals surface area contributed by atoms with E-state index in [0.29, 0.717) is 33.8 Å². The van der Waals surface area contributed by atoms with E-state index in [2.05, 4.69) is 27.9 Å². The van der Waals surface area contributed by atoms with Gasteiger partial charge in [-0.15, -0.1) is 0 Å². The molecule has 1 aliphatic heterocycles. The quantitative estimate of drug-likeness (QED) is 0.0955. The van der Waals surface area contributed by atoms with Crippen LogP contribution in [0.3, 0.4) is 0 Å². The molecule has 4 aromatic rings. The standard InChI is InChI=1S/C33H27IN2O7/c1-3-41-28-18-20(17-27(34)29(28)43-19-23-10-7-9-21-8-5-6-11-25(21)23)16-26-30(37)35-33(40)36(31(26)38)24-14-12-22(13-15-24)32(39)42-4-2/h5-18H,3-4,19H2,1-2H3,(H,35,37,40)/b26-16+. The molecule has 0 atom stereocenters. The van der Waals surface area contributed by atoms with Crippen LogP contribution in [-0.4, -0.2) is 37.0 Å². The monoisotopic (exact) mass is 690 g/mol. The van der Waals surface area contributed by atoms with Crippen LogP contribution in [-0.2, 0) is 20.9 Å². The zero-order chi connectivity index (χ0) is 30.5. The molecular weight excluding hydrogens is 663 g/mol. The molecule has 9 nitrogen and oxygen atoms in total. The second-order valence-corrected chi connectivity index (χ2v) is 10.6. The number of carbonyl (C=O) groups is 4. The van der Waals surface area contributed by atoms with E-state index >= 15 is 0 Å². The maximum Gasteiger partial charge on any atom is 0.338 e. The third kappa shape index (κ3) is 6.38. The Morgan fingerprint density at radius 2 is 1.65 bits per heavy atom. The number of benzene rings is 4. The van der Waals surface area contributed by atoms with E-state index in [4.69, 9.17) is 14.2 Å². The number of anilines is 1. The average molecular weight is 690 g/mol. The highest BCUT2D eigenvalue weighted by molar-refractivity contribution is 14.1. The summed E-state index contributed by atoms with van der Waals surface area (Å²) in [5.74, 6) is -1.16. The van der Waals surface area contributed by atoms with Gasteiger partial charge in [0.15, 0.2) is 11.5 Å². The number of barbiturate groups is 1. The number of urea groups is 1. The Bertz CT molecular complexity index is 1760. The number of ether oxygens (including phenoxy) is 3. The predicted octanol–water partition coefficient (Wildman–Crippen LogP) is 6.27. The molecule has 0 aromatic heterocycles. The van der Waals surface area contributed by atoms with E-state index in [1.54, 1.807) is 19.1 Å². The summed E-state index contributed by atoms with van der Waals surface area (Å²) in [5, 5.41) is 4.42. The molecule has 5 rings (SSSR count). The van der Waals surface area contributed by atoms with E-state index in [1.165, 1.54) is 30.3 Å². The van der Waals surface area contributed by atoms with Crippen molar-refractivity contribution in [3.8, 4) is 11.5 Å². The van der Waals surface area contributed by atoms with Crippen molar-refractivity contribution >= 4 is 68.9 Å². The third-order valence-electron chi connectivity index (χ3n) is 6.63. The number of halogens is 1. The minimum Gasteiger partial charge on any atom is -0.490 e. The molecule has 1 heterocycles. The first-order chi connectivity index (χ1) is 20.8. The van der Waals surface area contributed by atoms with Crippen LogP contribution < -0.4 is 19.7 Å². The number of amides is 4. The molecule has 218 valence electrons. The fourth-order valence-corrected chi connectivity index (χ4v) is 5.44. The topological polar surface area (TPSA) is 111 Å². The van der Waals surface area contributed by atoms with Crippen molar-refractivity contribution < 1.29 is 33.4 Å². The molecule has 0 bridgehead atoms. The van der Waals surface area contributed by atoms with Crippen LogP contribution in [0.2, 0.25) is 0 Å². The van der Waals surface area contributed by atoms with E-state index in [-0.39, 0.29) is 23.4 Å². The van der Waals surface area contributed by atoms with Crippen molar-refractivity contribution in [2.75, 3.05) is 18.1 Å². The maximum atomic E-state index is 13.4. The van der Waals surface area contributed by atoms with E-state index in [9.17, 15) is 19.2 Å².